The van der Waals surface area contributed by atoms with Crippen molar-refractivity contribution in [3.63, 3.8) is 0 Å². The number of nitrogens with one attached hydrogen (secondary N) is 1. The fourth-order valence-corrected chi connectivity index (χ4v) is 1.91. The van der Waals surface area contributed by atoms with E-state index in [4.69, 9.17) is 11.6 Å². The second-order valence-corrected chi connectivity index (χ2v) is 4.72. The van der Waals surface area contributed by atoms with Crippen LogP contribution in [0.25, 0.3) is 0 Å². The summed E-state index contributed by atoms with van der Waals surface area (Å²) < 4.78 is 13.0. The first-order valence-corrected chi connectivity index (χ1v) is 6.26. The molecule has 0 amide bonds. The van der Waals surface area contributed by atoms with E-state index in [1.54, 1.807) is 12.1 Å². The minimum atomic E-state index is -0.201. The van der Waals surface area contributed by atoms with Gasteiger partial charge in [-0.25, -0.2) is 4.39 Å². The molecule has 0 aliphatic heterocycles. The van der Waals surface area contributed by atoms with Gasteiger partial charge in [0.25, 0.3) is 0 Å². The van der Waals surface area contributed by atoms with Crippen LogP contribution < -0.4 is 5.32 Å². The third kappa shape index (κ3) is 3.56. The van der Waals surface area contributed by atoms with Crippen molar-refractivity contribution in [1.29, 1.82) is 0 Å². The van der Waals surface area contributed by atoms with Crippen LogP contribution in [0.3, 0.4) is 0 Å². The summed E-state index contributed by atoms with van der Waals surface area (Å²) in [6.07, 6.45) is 0. The smallest absolute Gasteiger partial charge is 0.123 e. The molecular weight excluding hydrogens is 249 g/mol. The van der Waals surface area contributed by atoms with Crippen LogP contribution in [0.5, 0.6) is 0 Å². The van der Waals surface area contributed by atoms with E-state index in [9.17, 15) is 4.39 Å². The Balaban J connectivity index is 1.96. The molecule has 2 rings (SSSR count). The van der Waals surface area contributed by atoms with Crippen LogP contribution in [0.15, 0.2) is 48.5 Å². The Morgan fingerprint density at radius 1 is 1.17 bits per heavy atom. The summed E-state index contributed by atoms with van der Waals surface area (Å²) in [4.78, 5) is 0. The highest BCUT2D eigenvalue weighted by Crippen LogP contribution is 2.16. The second-order valence-electron chi connectivity index (χ2n) is 4.28. The lowest BCUT2D eigenvalue weighted by molar-refractivity contribution is 0.569. The Morgan fingerprint density at radius 3 is 2.56 bits per heavy atom. The molecule has 3 heteroatoms. The van der Waals surface area contributed by atoms with Gasteiger partial charge in [-0.3, -0.25) is 0 Å². The maximum atomic E-state index is 13.0. The van der Waals surface area contributed by atoms with E-state index in [1.807, 2.05) is 30.3 Å². The molecule has 1 atom stereocenters. The first-order chi connectivity index (χ1) is 8.65. The lowest BCUT2D eigenvalue weighted by Gasteiger charge is -2.14. The molecule has 0 radical (unpaired) electrons. The number of hydrogen-bond donors (Lipinski definition) is 1. The van der Waals surface area contributed by atoms with Gasteiger partial charge >= 0.3 is 0 Å². The molecule has 2 aromatic rings. The van der Waals surface area contributed by atoms with Crippen molar-refractivity contribution in [2.75, 3.05) is 0 Å². The monoisotopic (exact) mass is 263 g/mol. The first-order valence-electron chi connectivity index (χ1n) is 5.88. The first kappa shape index (κ1) is 13.1. The zero-order chi connectivity index (χ0) is 13.0. The van der Waals surface area contributed by atoms with Crippen molar-refractivity contribution in [2.24, 2.45) is 0 Å². The van der Waals surface area contributed by atoms with Gasteiger partial charge in [-0.15, -0.1) is 0 Å². The predicted octanol–water partition coefficient (Wildman–Crippen LogP) is 4.33. The van der Waals surface area contributed by atoms with Gasteiger partial charge in [-0.2, -0.15) is 0 Å². The summed E-state index contributed by atoms with van der Waals surface area (Å²) >= 11 is 5.84. The van der Waals surface area contributed by atoms with Crippen LogP contribution in [0.2, 0.25) is 5.02 Å². The van der Waals surface area contributed by atoms with Gasteiger partial charge in [0.1, 0.15) is 5.82 Å². The van der Waals surface area contributed by atoms with E-state index in [0.29, 0.717) is 6.54 Å². The number of hydrogen-bond acceptors (Lipinski definition) is 1. The van der Waals surface area contributed by atoms with Crippen molar-refractivity contribution in [3.05, 3.63) is 70.5 Å². The van der Waals surface area contributed by atoms with E-state index < -0.39 is 0 Å². The van der Waals surface area contributed by atoms with Gasteiger partial charge in [0, 0.05) is 17.6 Å². The number of rotatable bonds is 4. The van der Waals surface area contributed by atoms with Gasteiger partial charge < -0.3 is 5.32 Å². The predicted molar refractivity (Wildman–Crippen MR) is 73.1 cm³/mol. The highest BCUT2D eigenvalue weighted by Gasteiger charge is 2.04. The fourth-order valence-electron chi connectivity index (χ4n) is 1.79. The average Bonchev–Trinajstić information content (AvgIpc) is 2.37. The molecule has 0 saturated carbocycles. The van der Waals surface area contributed by atoms with E-state index in [-0.39, 0.29) is 11.9 Å². The van der Waals surface area contributed by atoms with Crippen molar-refractivity contribution in [3.8, 4) is 0 Å². The van der Waals surface area contributed by atoms with Crippen LogP contribution >= 0.6 is 11.6 Å². The van der Waals surface area contributed by atoms with E-state index in [1.165, 1.54) is 6.07 Å². The quantitative estimate of drug-likeness (QED) is 0.866. The largest absolute Gasteiger partial charge is 0.306 e. The molecule has 1 N–H and O–H groups in total. The van der Waals surface area contributed by atoms with Gasteiger partial charge in [0.2, 0.25) is 0 Å². The highest BCUT2D eigenvalue weighted by atomic mass is 35.5. The van der Waals surface area contributed by atoms with Crippen molar-refractivity contribution in [1.82, 2.24) is 5.32 Å². The van der Waals surface area contributed by atoms with E-state index in [0.717, 1.165) is 16.1 Å². The minimum Gasteiger partial charge on any atom is -0.306 e. The third-order valence-corrected chi connectivity index (χ3v) is 3.12. The summed E-state index contributed by atoms with van der Waals surface area (Å²) in [5.74, 6) is -0.201. The van der Waals surface area contributed by atoms with Gasteiger partial charge in [-0.1, -0.05) is 35.9 Å². The summed E-state index contributed by atoms with van der Waals surface area (Å²) in [5.41, 5.74) is 2.10. The average molecular weight is 264 g/mol. The maximum absolute atomic E-state index is 13.0. The van der Waals surface area contributed by atoms with Crippen LogP contribution in [0.1, 0.15) is 24.1 Å². The van der Waals surface area contributed by atoms with Crippen molar-refractivity contribution in [2.45, 2.75) is 19.5 Å². The molecule has 0 heterocycles. The van der Waals surface area contributed by atoms with Crippen molar-refractivity contribution >= 4 is 11.6 Å². The normalized spacial score (nSPS) is 12.4. The second kappa shape index (κ2) is 5.98. The topological polar surface area (TPSA) is 12.0 Å². The molecule has 0 bridgehead atoms. The van der Waals surface area contributed by atoms with Crippen molar-refractivity contribution < 1.29 is 4.39 Å². The Morgan fingerprint density at radius 2 is 1.89 bits per heavy atom. The van der Waals surface area contributed by atoms with Crippen LogP contribution in [-0.4, -0.2) is 0 Å². The molecule has 2 aromatic carbocycles. The molecule has 0 aliphatic carbocycles. The summed E-state index contributed by atoms with van der Waals surface area (Å²) in [6, 6.07) is 14.6. The summed E-state index contributed by atoms with van der Waals surface area (Å²) in [5, 5.41) is 4.08. The Bertz CT molecular complexity index is 510. The molecule has 94 valence electrons. The lowest BCUT2D eigenvalue weighted by Crippen LogP contribution is -2.18. The Kier molecular flexibility index (Phi) is 4.34. The molecule has 0 spiro atoms. The van der Waals surface area contributed by atoms with Crippen LogP contribution in [0, 0.1) is 5.82 Å². The molecule has 0 unspecified atom stereocenters. The van der Waals surface area contributed by atoms with Gasteiger partial charge in [0.05, 0.1) is 0 Å². The minimum absolute atomic E-state index is 0.200. The molecule has 0 aromatic heterocycles. The molecule has 0 saturated heterocycles. The molecule has 0 fully saturated rings. The van der Waals surface area contributed by atoms with Gasteiger partial charge in [-0.05, 0) is 42.3 Å². The summed E-state index contributed by atoms with van der Waals surface area (Å²) in [6.45, 7) is 2.71. The number of halogens is 2. The molecule has 0 aliphatic rings. The van der Waals surface area contributed by atoms with Crippen LogP contribution in [-0.2, 0) is 6.54 Å². The number of benzene rings is 2. The Hall–Kier alpha value is -1.38. The summed E-state index contributed by atoms with van der Waals surface area (Å²) in [7, 11) is 0. The fraction of sp³-hybridized carbons (Fsp3) is 0.200. The maximum Gasteiger partial charge on any atom is 0.123 e. The molecular formula is C15H15ClFN. The zero-order valence-corrected chi connectivity index (χ0v) is 10.9. The SMILES string of the molecule is C[C@@H](NCc1cccc(F)c1)c1ccc(Cl)cc1. The lowest BCUT2D eigenvalue weighted by atomic mass is 10.1. The molecule has 1 nitrogen and oxygen atoms in total. The van der Waals surface area contributed by atoms with Crippen LogP contribution in [0.4, 0.5) is 4.39 Å². The van der Waals surface area contributed by atoms with E-state index in [2.05, 4.69) is 12.2 Å². The van der Waals surface area contributed by atoms with E-state index >= 15 is 0 Å². The third-order valence-electron chi connectivity index (χ3n) is 2.87. The molecule has 18 heavy (non-hydrogen) atoms. The Labute approximate surface area is 112 Å². The highest BCUT2D eigenvalue weighted by molar-refractivity contribution is 6.30. The van der Waals surface area contributed by atoms with Gasteiger partial charge in [0.15, 0.2) is 0 Å². The zero-order valence-electron chi connectivity index (χ0n) is 10.2. The standard InChI is InChI=1S/C15H15ClFN/c1-11(13-5-7-14(16)8-6-13)18-10-12-3-2-4-15(17)9-12/h2-9,11,18H,10H2,1H3/t11-/m1/s1.